The van der Waals surface area contributed by atoms with Crippen molar-refractivity contribution in [1.29, 1.82) is 0 Å². The zero-order valence-corrected chi connectivity index (χ0v) is 15.5. The lowest BCUT2D eigenvalue weighted by atomic mass is 10.1. The van der Waals surface area contributed by atoms with Gasteiger partial charge in [0, 0.05) is 12.6 Å². The van der Waals surface area contributed by atoms with E-state index in [0.717, 1.165) is 16.7 Å². The van der Waals surface area contributed by atoms with E-state index in [1.54, 1.807) is 13.0 Å². The van der Waals surface area contributed by atoms with Crippen molar-refractivity contribution in [3.63, 3.8) is 0 Å². The molecule has 0 atom stereocenters. The van der Waals surface area contributed by atoms with Crippen LogP contribution in [0.5, 0.6) is 17.2 Å². The second-order valence-electron chi connectivity index (χ2n) is 6.64. The Morgan fingerprint density at radius 1 is 1.11 bits per heavy atom. The molecule has 28 heavy (non-hydrogen) atoms. The van der Waals surface area contributed by atoms with Gasteiger partial charge in [0.1, 0.15) is 11.3 Å². The van der Waals surface area contributed by atoms with E-state index in [1.807, 2.05) is 31.2 Å². The molecule has 1 amide bonds. The number of ether oxygens (including phenoxy) is 3. The van der Waals surface area contributed by atoms with Crippen LogP contribution in [-0.4, -0.2) is 19.3 Å². The molecule has 0 radical (unpaired) electrons. The molecule has 7 nitrogen and oxygen atoms in total. The molecule has 3 aromatic rings. The lowest BCUT2D eigenvalue weighted by Gasteiger charge is -2.12. The smallest absolute Gasteiger partial charge is 0.336 e. The van der Waals surface area contributed by atoms with Gasteiger partial charge in [-0.1, -0.05) is 6.07 Å². The Kier molecular flexibility index (Phi) is 4.65. The van der Waals surface area contributed by atoms with Crippen molar-refractivity contribution in [1.82, 2.24) is 5.32 Å². The summed E-state index contributed by atoms with van der Waals surface area (Å²) in [6.45, 7) is 4.08. The molecule has 4 rings (SSSR count). The Bertz CT molecular complexity index is 1120. The van der Waals surface area contributed by atoms with Crippen LogP contribution >= 0.6 is 0 Å². The van der Waals surface area contributed by atoms with Crippen molar-refractivity contribution in [2.24, 2.45) is 0 Å². The normalized spacial score (nSPS) is 12.2. The molecule has 2 aromatic carbocycles. The Hall–Kier alpha value is -3.48. The molecule has 0 unspecified atom stereocenters. The second kappa shape index (κ2) is 7.26. The third kappa shape index (κ3) is 3.64. The van der Waals surface area contributed by atoms with Gasteiger partial charge in [-0.25, -0.2) is 4.79 Å². The zero-order valence-electron chi connectivity index (χ0n) is 15.5. The summed E-state index contributed by atoms with van der Waals surface area (Å²) in [4.78, 5) is 23.8. The third-order valence-electron chi connectivity index (χ3n) is 4.44. The van der Waals surface area contributed by atoms with Gasteiger partial charge in [-0.15, -0.1) is 0 Å². The van der Waals surface area contributed by atoms with Gasteiger partial charge in [0.25, 0.3) is 5.91 Å². The highest BCUT2D eigenvalue weighted by molar-refractivity contribution is 5.88. The van der Waals surface area contributed by atoms with E-state index >= 15 is 0 Å². The number of amides is 1. The van der Waals surface area contributed by atoms with Gasteiger partial charge in [-0.3, -0.25) is 4.79 Å². The number of hydrogen-bond acceptors (Lipinski definition) is 6. The first-order valence-corrected chi connectivity index (χ1v) is 8.83. The molecule has 0 fully saturated rings. The maximum absolute atomic E-state index is 12.2. The van der Waals surface area contributed by atoms with Gasteiger partial charge in [-0.2, -0.15) is 0 Å². The molecule has 7 heteroatoms. The highest BCUT2D eigenvalue weighted by Crippen LogP contribution is 2.32. The molecule has 0 aliphatic carbocycles. The first-order chi connectivity index (χ1) is 13.5. The summed E-state index contributed by atoms with van der Waals surface area (Å²) in [7, 11) is 0. The molecule has 0 saturated carbocycles. The van der Waals surface area contributed by atoms with Gasteiger partial charge < -0.3 is 23.9 Å². The van der Waals surface area contributed by atoms with E-state index in [9.17, 15) is 9.59 Å². The number of carbonyl (C=O) groups excluding carboxylic acids is 1. The summed E-state index contributed by atoms with van der Waals surface area (Å²) in [6.07, 6.45) is 0. The third-order valence-corrected chi connectivity index (χ3v) is 4.44. The van der Waals surface area contributed by atoms with Gasteiger partial charge in [0.05, 0.1) is 5.39 Å². The molecule has 0 spiro atoms. The van der Waals surface area contributed by atoms with E-state index < -0.39 is 5.63 Å². The topological polar surface area (TPSA) is 87.0 Å². The molecule has 0 saturated heterocycles. The predicted octanol–water partition coefficient (Wildman–Crippen LogP) is 2.83. The van der Waals surface area contributed by atoms with Crippen molar-refractivity contribution < 1.29 is 23.4 Å². The van der Waals surface area contributed by atoms with Crippen LogP contribution in [0.25, 0.3) is 11.0 Å². The Morgan fingerprint density at radius 2 is 1.93 bits per heavy atom. The standard InChI is InChI=1S/C21H19NO6/c1-12-5-17(21-13(2)7-20(24)28-18(21)6-12)25-10-19(23)22-9-14-3-4-15-16(8-14)27-11-26-15/h3-8H,9-11H2,1-2H3,(H,22,23). The minimum absolute atomic E-state index is 0.151. The average molecular weight is 381 g/mol. The van der Waals surface area contributed by atoms with Gasteiger partial charge in [-0.05, 0) is 54.8 Å². The maximum atomic E-state index is 12.2. The highest BCUT2D eigenvalue weighted by Gasteiger charge is 2.14. The summed E-state index contributed by atoms with van der Waals surface area (Å²) >= 11 is 0. The molecular weight excluding hydrogens is 362 g/mol. The lowest BCUT2D eigenvalue weighted by Crippen LogP contribution is -2.28. The van der Waals surface area contributed by atoms with E-state index in [-0.39, 0.29) is 19.3 Å². The predicted molar refractivity (Wildman–Crippen MR) is 102 cm³/mol. The number of nitrogens with one attached hydrogen (secondary N) is 1. The van der Waals surface area contributed by atoms with E-state index in [4.69, 9.17) is 18.6 Å². The van der Waals surface area contributed by atoms with Crippen molar-refractivity contribution in [2.45, 2.75) is 20.4 Å². The van der Waals surface area contributed by atoms with Crippen LogP contribution in [0.3, 0.4) is 0 Å². The number of aryl methyl sites for hydroxylation is 2. The Balaban J connectivity index is 1.43. The van der Waals surface area contributed by atoms with Crippen LogP contribution in [0.2, 0.25) is 0 Å². The maximum Gasteiger partial charge on any atom is 0.336 e. The van der Waals surface area contributed by atoms with Gasteiger partial charge in [0.2, 0.25) is 6.79 Å². The monoisotopic (exact) mass is 381 g/mol. The first kappa shape index (κ1) is 17.9. The van der Waals surface area contributed by atoms with Gasteiger partial charge in [0.15, 0.2) is 18.1 Å². The van der Waals surface area contributed by atoms with E-state index in [2.05, 4.69) is 5.32 Å². The molecule has 1 aliphatic rings. The SMILES string of the molecule is Cc1cc(OCC(=O)NCc2ccc3c(c2)OCO3)c2c(C)cc(=O)oc2c1. The van der Waals surface area contributed by atoms with Crippen LogP contribution in [0.15, 0.2) is 45.6 Å². The number of carbonyl (C=O) groups is 1. The summed E-state index contributed by atoms with van der Waals surface area (Å²) in [5.41, 5.74) is 2.54. The molecular formula is C21H19NO6. The molecule has 1 aromatic heterocycles. The molecule has 2 heterocycles. The van der Waals surface area contributed by atoms with Crippen LogP contribution in [0, 0.1) is 13.8 Å². The van der Waals surface area contributed by atoms with Crippen LogP contribution in [0.1, 0.15) is 16.7 Å². The lowest BCUT2D eigenvalue weighted by molar-refractivity contribution is -0.123. The van der Waals surface area contributed by atoms with Crippen molar-refractivity contribution in [3.8, 4) is 17.2 Å². The number of fused-ring (bicyclic) bond motifs is 2. The minimum Gasteiger partial charge on any atom is -0.483 e. The van der Waals surface area contributed by atoms with Crippen molar-refractivity contribution in [2.75, 3.05) is 13.4 Å². The number of rotatable bonds is 5. The van der Waals surface area contributed by atoms with Gasteiger partial charge >= 0.3 is 5.63 Å². The van der Waals surface area contributed by atoms with Crippen molar-refractivity contribution >= 4 is 16.9 Å². The van der Waals surface area contributed by atoms with Crippen LogP contribution < -0.4 is 25.2 Å². The molecule has 144 valence electrons. The molecule has 0 bridgehead atoms. The summed E-state index contributed by atoms with van der Waals surface area (Å²) in [6, 6.07) is 10.5. The quantitative estimate of drug-likeness (QED) is 0.684. The summed E-state index contributed by atoms with van der Waals surface area (Å²) in [5, 5.41) is 3.50. The summed E-state index contributed by atoms with van der Waals surface area (Å²) in [5.74, 6) is 1.62. The van der Waals surface area contributed by atoms with E-state index in [1.165, 1.54) is 6.07 Å². The fourth-order valence-corrected chi connectivity index (χ4v) is 3.14. The van der Waals surface area contributed by atoms with E-state index in [0.29, 0.717) is 34.8 Å². The largest absolute Gasteiger partial charge is 0.483 e. The first-order valence-electron chi connectivity index (χ1n) is 8.83. The fourth-order valence-electron chi connectivity index (χ4n) is 3.14. The fraction of sp³-hybridized carbons (Fsp3) is 0.238. The number of hydrogen-bond donors (Lipinski definition) is 1. The number of benzene rings is 2. The average Bonchev–Trinajstić information content (AvgIpc) is 3.11. The van der Waals surface area contributed by atoms with Crippen molar-refractivity contribution in [3.05, 3.63) is 63.5 Å². The minimum atomic E-state index is -0.414. The second-order valence-corrected chi connectivity index (χ2v) is 6.64. The molecule has 1 N–H and O–H groups in total. The zero-order chi connectivity index (χ0) is 19.7. The highest BCUT2D eigenvalue weighted by atomic mass is 16.7. The Morgan fingerprint density at radius 3 is 2.79 bits per heavy atom. The summed E-state index contributed by atoms with van der Waals surface area (Å²) < 4.78 is 21.6. The molecule has 1 aliphatic heterocycles. The van der Waals surface area contributed by atoms with Crippen LogP contribution in [-0.2, 0) is 11.3 Å². The van der Waals surface area contributed by atoms with Crippen LogP contribution in [0.4, 0.5) is 0 Å². The Labute approximate surface area is 160 Å².